The predicted molar refractivity (Wildman–Crippen MR) is 70.7 cm³/mol. The number of nitrogens with two attached hydrogens (primary N) is 1. The Balaban J connectivity index is 3.08. The summed E-state index contributed by atoms with van der Waals surface area (Å²) >= 11 is 1.25. The van der Waals surface area contributed by atoms with Crippen LogP contribution in [0.3, 0.4) is 0 Å². The first-order valence-electron chi connectivity index (χ1n) is 5.54. The van der Waals surface area contributed by atoms with E-state index in [1.54, 1.807) is 0 Å². The van der Waals surface area contributed by atoms with Gasteiger partial charge in [-0.3, -0.25) is 0 Å². The molecule has 3 N–H and O–H groups in total. The van der Waals surface area contributed by atoms with Crippen LogP contribution in [0, 0.1) is 28.6 Å². The van der Waals surface area contributed by atoms with Gasteiger partial charge in [-0.1, -0.05) is 20.8 Å². The average Bonchev–Trinajstić information content (AvgIpc) is 2.61. The molecule has 1 rings (SSSR count). The van der Waals surface area contributed by atoms with Gasteiger partial charge in [-0.05, 0) is 12.3 Å². The van der Waals surface area contributed by atoms with E-state index in [4.69, 9.17) is 16.3 Å². The largest absolute Gasteiger partial charge is 0.396 e. The molecule has 0 spiro atoms. The summed E-state index contributed by atoms with van der Waals surface area (Å²) in [6.45, 7) is 6.33. The number of nitrogen functional groups attached to an aromatic ring is 1. The Labute approximate surface area is 106 Å². The number of anilines is 2. The maximum atomic E-state index is 9.06. The highest BCUT2D eigenvalue weighted by Crippen LogP contribution is 2.35. The molecular weight excluding hydrogens is 232 g/mol. The summed E-state index contributed by atoms with van der Waals surface area (Å²) in [6.07, 6.45) is 0.961. The van der Waals surface area contributed by atoms with Crippen LogP contribution in [0.25, 0.3) is 0 Å². The third-order valence-electron chi connectivity index (χ3n) is 2.72. The summed E-state index contributed by atoms with van der Waals surface area (Å²) in [5.41, 5.74) is 6.43. The van der Waals surface area contributed by atoms with E-state index in [-0.39, 0.29) is 6.04 Å². The van der Waals surface area contributed by atoms with Gasteiger partial charge in [0.1, 0.15) is 27.6 Å². The minimum Gasteiger partial charge on any atom is -0.396 e. The van der Waals surface area contributed by atoms with Gasteiger partial charge in [0.15, 0.2) is 0 Å². The molecule has 17 heavy (non-hydrogen) atoms. The summed E-state index contributed by atoms with van der Waals surface area (Å²) in [4.78, 5) is 0.405. The fraction of sp³-hybridized carbons (Fsp3) is 0.500. The first-order chi connectivity index (χ1) is 8.04. The van der Waals surface area contributed by atoms with Gasteiger partial charge in [0.2, 0.25) is 0 Å². The second-order valence-corrected chi connectivity index (χ2v) is 5.20. The van der Waals surface area contributed by atoms with Gasteiger partial charge in [0, 0.05) is 6.04 Å². The molecule has 0 bridgehead atoms. The minimum atomic E-state index is 0.284. The molecule has 0 saturated carbocycles. The molecule has 4 nitrogen and oxygen atoms in total. The van der Waals surface area contributed by atoms with Gasteiger partial charge in [-0.15, -0.1) is 11.3 Å². The molecule has 0 aliphatic carbocycles. The van der Waals surface area contributed by atoms with Crippen molar-refractivity contribution in [1.29, 1.82) is 10.5 Å². The normalized spacial score (nSPS) is 11.9. The number of nitrogens with zero attached hydrogens (tertiary/aromatic N) is 2. The highest BCUT2D eigenvalue weighted by atomic mass is 32.1. The summed E-state index contributed by atoms with van der Waals surface area (Å²) < 4.78 is 0. The van der Waals surface area contributed by atoms with Crippen molar-refractivity contribution in [3.63, 3.8) is 0 Å². The fourth-order valence-electron chi connectivity index (χ4n) is 1.65. The molecule has 1 atom stereocenters. The molecule has 5 heteroatoms. The van der Waals surface area contributed by atoms with Gasteiger partial charge < -0.3 is 11.1 Å². The van der Waals surface area contributed by atoms with E-state index in [1.165, 1.54) is 11.3 Å². The second kappa shape index (κ2) is 5.56. The van der Waals surface area contributed by atoms with E-state index >= 15 is 0 Å². The zero-order chi connectivity index (χ0) is 13.0. The minimum absolute atomic E-state index is 0.284. The first kappa shape index (κ1) is 13.3. The van der Waals surface area contributed by atoms with Crippen molar-refractivity contribution in [2.45, 2.75) is 33.2 Å². The van der Waals surface area contributed by atoms with Crippen LogP contribution in [-0.2, 0) is 0 Å². The topological polar surface area (TPSA) is 85.6 Å². The lowest BCUT2D eigenvalue weighted by Gasteiger charge is -2.20. The summed E-state index contributed by atoms with van der Waals surface area (Å²) in [5, 5.41) is 22.0. The van der Waals surface area contributed by atoms with Crippen molar-refractivity contribution >= 4 is 22.0 Å². The quantitative estimate of drug-likeness (QED) is 0.857. The van der Waals surface area contributed by atoms with Crippen molar-refractivity contribution in [2.75, 3.05) is 11.1 Å². The zero-order valence-electron chi connectivity index (χ0n) is 10.2. The fourth-order valence-corrected chi connectivity index (χ4v) is 2.58. The summed E-state index contributed by atoms with van der Waals surface area (Å²) in [5.74, 6) is 0.459. The molecule has 1 aromatic heterocycles. The Bertz CT molecular complexity index is 476. The average molecular weight is 248 g/mol. The van der Waals surface area contributed by atoms with Gasteiger partial charge in [0.25, 0.3) is 0 Å². The number of nitriles is 2. The van der Waals surface area contributed by atoms with Crippen LogP contribution in [0.15, 0.2) is 0 Å². The van der Waals surface area contributed by atoms with Crippen molar-refractivity contribution in [1.82, 2.24) is 0 Å². The van der Waals surface area contributed by atoms with E-state index in [0.717, 1.165) is 6.42 Å². The van der Waals surface area contributed by atoms with Gasteiger partial charge in [0.05, 0.1) is 5.69 Å². The van der Waals surface area contributed by atoms with E-state index in [9.17, 15) is 0 Å². The number of thiophene rings is 1. The maximum absolute atomic E-state index is 9.06. The molecule has 0 amide bonds. The van der Waals surface area contributed by atoms with Crippen molar-refractivity contribution in [3.8, 4) is 12.1 Å². The molecule has 0 aliphatic rings. The lowest BCUT2D eigenvalue weighted by Crippen LogP contribution is -2.24. The Morgan fingerprint density at radius 3 is 2.41 bits per heavy atom. The standard InChI is InChI=1S/C12H16N4S/c1-4-9(7(2)3)16-12-8(5-13)11(15)10(6-14)17-12/h7,9,16H,4,15H2,1-3H3. The third-order valence-corrected chi connectivity index (χ3v) is 3.76. The molecule has 1 aromatic rings. The third kappa shape index (κ3) is 2.69. The van der Waals surface area contributed by atoms with Crippen LogP contribution in [0.1, 0.15) is 37.6 Å². The molecule has 0 radical (unpaired) electrons. The van der Waals surface area contributed by atoms with E-state index < -0.39 is 0 Å². The van der Waals surface area contributed by atoms with Crippen LogP contribution >= 0.6 is 11.3 Å². The highest BCUT2D eigenvalue weighted by Gasteiger charge is 2.19. The Morgan fingerprint density at radius 1 is 1.35 bits per heavy atom. The lowest BCUT2D eigenvalue weighted by atomic mass is 10.0. The maximum Gasteiger partial charge on any atom is 0.131 e. The second-order valence-electron chi connectivity index (χ2n) is 4.18. The molecular formula is C12H16N4S. The monoisotopic (exact) mass is 248 g/mol. The van der Waals surface area contributed by atoms with Crippen molar-refractivity contribution < 1.29 is 0 Å². The predicted octanol–water partition coefficient (Wildman–Crippen LogP) is 2.92. The first-order valence-corrected chi connectivity index (χ1v) is 6.35. The van der Waals surface area contributed by atoms with Gasteiger partial charge in [-0.2, -0.15) is 10.5 Å². The SMILES string of the molecule is CCC(Nc1sc(C#N)c(N)c1C#N)C(C)C. The van der Waals surface area contributed by atoms with Crippen LogP contribution < -0.4 is 11.1 Å². The highest BCUT2D eigenvalue weighted by molar-refractivity contribution is 7.17. The van der Waals surface area contributed by atoms with E-state index in [1.807, 2.05) is 6.07 Å². The molecule has 0 aliphatic heterocycles. The molecule has 1 unspecified atom stereocenters. The van der Waals surface area contributed by atoms with Gasteiger partial charge in [-0.25, -0.2) is 0 Å². The molecule has 1 heterocycles. The van der Waals surface area contributed by atoms with E-state index in [0.29, 0.717) is 27.0 Å². The van der Waals surface area contributed by atoms with Crippen LogP contribution in [0.5, 0.6) is 0 Å². The Kier molecular flexibility index (Phi) is 4.37. The Hall–Kier alpha value is -1.72. The molecule has 0 aromatic carbocycles. The number of hydrogen-bond donors (Lipinski definition) is 2. The number of rotatable bonds is 4. The van der Waals surface area contributed by atoms with Crippen molar-refractivity contribution in [2.24, 2.45) is 5.92 Å². The molecule has 90 valence electrons. The van der Waals surface area contributed by atoms with Crippen LogP contribution in [0.4, 0.5) is 10.7 Å². The number of nitrogens with one attached hydrogen (secondary N) is 1. The zero-order valence-corrected chi connectivity index (χ0v) is 11.1. The Morgan fingerprint density at radius 2 is 2.00 bits per heavy atom. The van der Waals surface area contributed by atoms with E-state index in [2.05, 4.69) is 32.2 Å². The van der Waals surface area contributed by atoms with Crippen molar-refractivity contribution in [3.05, 3.63) is 10.4 Å². The summed E-state index contributed by atoms with van der Waals surface area (Å²) in [7, 11) is 0. The molecule has 0 saturated heterocycles. The van der Waals surface area contributed by atoms with Crippen LogP contribution in [0.2, 0.25) is 0 Å². The lowest BCUT2D eigenvalue weighted by molar-refractivity contribution is 0.512. The number of hydrogen-bond acceptors (Lipinski definition) is 5. The van der Waals surface area contributed by atoms with Crippen LogP contribution in [-0.4, -0.2) is 6.04 Å². The van der Waals surface area contributed by atoms with Gasteiger partial charge >= 0.3 is 0 Å². The smallest absolute Gasteiger partial charge is 0.131 e. The summed E-state index contributed by atoms with van der Waals surface area (Å²) in [6, 6.07) is 4.36. The molecule has 0 fully saturated rings.